The van der Waals surface area contributed by atoms with Crippen molar-refractivity contribution < 1.29 is 0 Å². The van der Waals surface area contributed by atoms with Crippen LogP contribution in [0.15, 0.2) is 20.3 Å². The first-order valence-corrected chi connectivity index (χ1v) is 4.87. The van der Waals surface area contributed by atoms with Crippen molar-refractivity contribution in [3.8, 4) is 0 Å². The van der Waals surface area contributed by atoms with Crippen molar-refractivity contribution in [3.63, 3.8) is 0 Å². The van der Waals surface area contributed by atoms with E-state index in [9.17, 15) is 0 Å². The Labute approximate surface area is 119 Å². The second kappa shape index (κ2) is 5.58. The summed E-state index contributed by atoms with van der Waals surface area (Å²) < 4.78 is 1.23. The molecule has 0 aliphatic carbocycles. The van der Waals surface area contributed by atoms with Crippen LogP contribution in [0.3, 0.4) is 0 Å². The molecular formula is C6H4Cl5NSb. The molecule has 1 aliphatic rings. The molecule has 1 atom stereocenters. The smallest absolute Gasteiger partial charge is 0.140 e. The van der Waals surface area contributed by atoms with Crippen molar-refractivity contribution in [2.75, 3.05) is 0 Å². The molecule has 0 bridgehead atoms. The average Bonchev–Trinajstić information content (AvgIpc) is 2.08. The van der Waals surface area contributed by atoms with Gasteiger partial charge in [0, 0.05) is 36.2 Å². The first kappa shape index (κ1) is 14.5. The van der Waals surface area contributed by atoms with E-state index in [2.05, 4.69) is 0 Å². The maximum atomic E-state index is 5.82. The van der Waals surface area contributed by atoms with E-state index in [0.717, 1.165) is 0 Å². The van der Waals surface area contributed by atoms with Gasteiger partial charge in [0.05, 0.1) is 21.1 Å². The molecule has 0 N–H and O–H groups in total. The third-order valence-corrected chi connectivity index (χ3v) is 3.95. The summed E-state index contributed by atoms with van der Waals surface area (Å²) in [6.45, 7) is 1.77. The molecule has 1 heterocycles. The normalized spacial score (nSPS) is 23.5. The fourth-order valence-corrected chi connectivity index (χ4v) is 1.99. The Morgan fingerprint density at radius 3 is 2.00 bits per heavy atom. The van der Waals surface area contributed by atoms with Crippen molar-refractivity contribution in [2.45, 2.75) is 13.0 Å². The number of halogens is 5. The fraction of sp³-hybridized carbons (Fsp3) is 0.333. The number of rotatable bonds is 0. The van der Waals surface area contributed by atoms with E-state index in [1.807, 2.05) is 0 Å². The van der Waals surface area contributed by atoms with Gasteiger partial charge in [-0.2, -0.15) is 0 Å². The van der Waals surface area contributed by atoms with Gasteiger partial charge in [-0.1, -0.05) is 46.4 Å². The van der Waals surface area contributed by atoms with Crippen molar-refractivity contribution in [2.24, 2.45) is 0 Å². The topological polar surface area (TPSA) is 3.24 Å². The summed E-state index contributed by atoms with van der Waals surface area (Å²) >= 11 is 28.8. The quantitative estimate of drug-likeness (QED) is 0.346. The number of nitrogens with zero attached hydrogens (tertiary/aromatic N) is 1. The summed E-state index contributed by atoms with van der Waals surface area (Å²) in [6, 6.07) is -0.254. The van der Waals surface area contributed by atoms with Crippen LogP contribution in [0.1, 0.15) is 6.92 Å². The number of hydrogen-bond donors (Lipinski definition) is 0. The Kier molecular flexibility index (Phi) is 6.25. The van der Waals surface area contributed by atoms with E-state index in [-0.39, 0.29) is 45.7 Å². The molecule has 0 aromatic carbocycles. The van der Waals surface area contributed by atoms with Crippen molar-refractivity contribution >= 4 is 82.6 Å². The maximum absolute atomic E-state index is 5.82. The molecule has 0 spiro atoms. The Bertz CT molecular complexity index is 246. The molecule has 73 valence electrons. The van der Waals surface area contributed by atoms with Crippen molar-refractivity contribution in [1.29, 1.82) is 0 Å². The predicted octanol–water partition coefficient (Wildman–Crippen LogP) is 3.80. The summed E-state index contributed by atoms with van der Waals surface area (Å²) in [5.74, 6) is 0. The molecule has 1 unspecified atom stereocenters. The SMILES string of the molecule is CC1C(Cl)=C(Cl)C(Cl)=C(Cl)N1Cl.[Sb]. The van der Waals surface area contributed by atoms with E-state index < -0.39 is 0 Å². The van der Waals surface area contributed by atoms with Crippen LogP contribution in [0.4, 0.5) is 0 Å². The van der Waals surface area contributed by atoms with E-state index in [4.69, 9.17) is 58.2 Å². The third kappa shape index (κ3) is 2.77. The molecule has 7 heteroatoms. The second-order valence-electron chi connectivity index (χ2n) is 2.25. The number of hydrogen-bond acceptors (Lipinski definition) is 1. The molecule has 0 saturated carbocycles. The van der Waals surface area contributed by atoms with Crippen LogP contribution in [0.25, 0.3) is 0 Å². The monoisotopic (exact) mass is 386 g/mol. The van der Waals surface area contributed by atoms with Crippen LogP contribution in [-0.2, 0) is 0 Å². The second-order valence-corrected chi connectivity index (χ2v) is 4.14. The Morgan fingerprint density at radius 1 is 1.08 bits per heavy atom. The van der Waals surface area contributed by atoms with E-state index in [1.165, 1.54) is 4.42 Å². The van der Waals surface area contributed by atoms with E-state index in [0.29, 0.717) is 5.03 Å². The van der Waals surface area contributed by atoms with Gasteiger partial charge in [0.2, 0.25) is 0 Å². The van der Waals surface area contributed by atoms with Gasteiger partial charge in [-0.15, -0.1) is 0 Å². The molecule has 0 aromatic heterocycles. The molecule has 1 nitrogen and oxygen atoms in total. The minimum atomic E-state index is -0.254. The third-order valence-electron chi connectivity index (χ3n) is 1.48. The average molecular weight is 389 g/mol. The molecular weight excluding hydrogens is 385 g/mol. The van der Waals surface area contributed by atoms with Crippen LogP contribution >= 0.6 is 58.2 Å². The van der Waals surface area contributed by atoms with Gasteiger partial charge in [0.15, 0.2) is 0 Å². The zero-order chi connectivity index (χ0) is 9.46. The van der Waals surface area contributed by atoms with Gasteiger partial charge < -0.3 is 0 Å². The first-order valence-electron chi connectivity index (χ1n) is 3.02. The number of allylic oxidation sites excluding steroid dienone is 2. The summed E-state index contributed by atoms with van der Waals surface area (Å²) in [5, 5.41) is 1.02. The maximum Gasteiger partial charge on any atom is 0.140 e. The molecule has 13 heavy (non-hydrogen) atoms. The minimum Gasteiger partial charge on any atom is -0.265 e. The molecule has 1 rings (SSSR count). The van der Waals surface area contributed by atoms with Crippen LogP contribution in [0.2, 0.25) is 0 Å². The zero-order valence-corrected chi connectivity index (χ0v) is 12.7. The van der Waals surface area contributed by atoms with Crippen LogP contribution in [0, 0.1) is 0 Å². The van der Waals surface area contributed by atoms with Gasteiger partial charge in [-0.05, 0) is 6.92 Å². The van der Waals surface area contributed by atoms with Gasteiger partial charge in [0.1, 0.15) is 5.16 Å². The minimum absolute atomic E-state index is 0. The molecule has 0 saturated heterocycles. The van der Waals surface area contributed by atoms with E-state index >= 15 is 0 Å². The molecule has 3 radical (unpaired) electrons. The van der Waals surface area contributed by atoms with Gasteiger partial charge >= 0.3 is 0 Å². The Morgan fingerprint density at radius 2 is 1.54 bits per heavy atom. The van der Waals surface area contributed by atoms with Gasteiger partial charge in [0.25, 0.3) is 0 Å². The van der Waals surface area contributed by atoms with Crippen molar-refractivity contribution in [3.05, 3.63) is 20.3 Å². The van der Waals surface area contributed by atoms with Crippen LogP contribution in [-0.4, -0.2) is 34.9 Å². The standard InChI is InChI=1S/C6H4Cl5N.Sb/c1-2-3(7)4(8)5(9)6(10)12(2)11;/h2H,1H3;. The summed E-state index contributed by atoms with van der Waals surface area (Å²) in [5.41, 5.74) is 0. The molecule has 1 aliphatic heterocycles. The largest absolute Gasteiger partial charge is 0.265 e. The molecule has 0 aromatic rings. The van der Waals surface area contributed by atoms with Gasteiger partial charge in [-0.3, -0.25) is 4.42 Å². The summed E-state index contributed by atoms with van der Waals surface area (Å²) in [6.07, 6.45) is 0. The van der Waals surface area contributed by atoms with Crippen LogP contribution in [0.5, 0.6) is 0 Å². The zero-order valence-electron chi connectivity index (χ0n) is 6.36. The first-order chi connectivity index (χ1) is 5.46. The van der Waals surface area contributed by atoms with E-state index in [1.54, 1.807) is 6.92 Å². The van der Waals surface area contributed by atoms with Gasteiger partial charge in [-0.25, -0.2) is 0 Å². The summed E-state index contributed by atoms with van der Waals surface area (Å²) in [7, 11) is 0. The Balaban J connectivity index is 0.00000144. The van der Waals surface area contributed by atoms with Crippen LogP contribution < -0.4 is 0 Å². The molecule has 0 amide bonds. The molecule has 0 fully saturated rings. The van der Waals surface area contributed by atoms with Crippen molar-refractivity contribution in [1.82, 2.24) is 4.42 Å². The predicted molar refractivity (Wildman–Crippen MR) is 60.4 cm³/mol. The Hall–Kier alpha value is 1.55. The fourth-order valence-electron chi connectivity index (χ4n) is 0.742. The summed E-state index contributed by atoms with van der Waals surface area (Å²) in [4.78, 5) is 0.